The molecule has 2 heterocycles. The Bertz CT molecular complexity index is 650. The number of aromatic nitrogens is 1. The molecule has 2 amide bonds. The van der Waals surface area contributed by atoms with Gasteiger partial charge in [-0.25, -0.2) is 0 Å². The number of imide groups is 1. The van der Waals surface area contributed by atoms with Crippen molar-refractivity contribution >= 4 is 11.8 Å². The van der Waals surface area contributed by atoms with Crippen LogP contribution >= 0.6 is 0 Å². The van der Waals surface area contributed by atoms with E-state index in [9.17, 15) is 9.59 Å². The van der Waals surface area contributed by atoms with Crippen LogP contribution in [0.3, 0.4) is 0 Å². The molecule has 1 aromatic heterocycles. The molecule has 5 nitrogen and oxygen atoms in total. The number of hydrogen-bond donors (Lipinski definition) is 1. The molecular formula is C16H15N3O2. The topological polar surface area (TPSA) is 76.3 Å². The molecule has 0 saturated carbocycles. The Hall–Kier alpha value is -2.53. The van der Waals surface area contributed by atoms with Crippen molar-refractivity contribution in [2.75, 3.05) is 6.54 Å². The molecule has 0 unspecified atom stereocenters. The van der Waals surface area contributed by atoms with E-state index in [2.05, 4.69) is 4.98 Å². The molecule has 1 aliphatic rings. The summed E-state index contributed by atoms with van der Waals surface area (Å²) in [6.45, 7) is 0.197. The van der Waals surface area contributed by atoms with Gasteiger partial charge in [0.25, 0.3) is 11.8 Å². The van der Waals surface area contributed by atoms with Crippen molar-refractivity contribution in [1.82, 2.24) is 9.88 Å². The Labute approximate surface area is 122 Å². The summed E-state index contributed by atoms with van der Waals surface area (Å²) in [5, 5.41) is 0. The zero-order valence-electron chi connectivity index (χ0n) is 11.4. The van der Waals surface area contributed by atoms with Gasteiger partial charge in [-0.3, -0.25) is 19.5 Å². The molecule has 0 bridgehead atoms. The van der Waals surface area contributed by atoms with Gasteiger partial charge in [0.05, 0.1) is 11.1 Å². The monoisotopic (exact) mass is 281 g/mol. The minimum Gasteiger partial charge on any atom is -0.326 e. The Morgan fingerprint density at radius 3 is 2.19 bits per heavy atom. The number of carbonyl (C=O) groups is 2. The lowest BCUT2D eigenvalue weighted by Crippen LogP contribution is -2.42. The van der Waals surface area contributed by atoms with Crippen molar-refractivity contribution < 1.29 is 9.59 Å². The van der Waals surface area contributed by atoms with E-state index in [4.69, 9.17) is 5.73 Å². The van der Waals surface area contributed by atoms with Gasteiger partial charge in [-0.15, -0.1) is 0 Å². The molecule has 21 heavy (non-hydrogen) atoms. The second-order valence-corrected chi connectivity index (χ2v) is 5.05. The zero-order chi connectivity index (χ0) is 14.8. The average Bonchev–Trinajstić information content (AvgIpc) is 2.74. The highest BCUT2D eigenvalue weighted by atomic mass is 16.2. The van der Waals surface area contributed by atoms with Gasteiger partial charge in [0.1, 0.15) is 0 Å². The third-order valence-electron chi connectivity index (χ3n) is 3.49. The van der Waals surface area contributed by atoms with Gasteiger partial charge in [0.2, 0.25) is 0 Å². The van der Waals surface area contributed by atoms with Gasteiger partial charge in [0, 0.05) is 30.9 Å². The van der Waals surface area contributed by atoms with Crippen molar-refractivity contribution in [3.05, 3.63) is 65.5 Å². The van der Waals surface area contributed by atoms with Crippen molar-refractivity contribution in [1.29, 1.82) is 0 Å². The van der Waals surface area contributed by atoms with Crippen LogP contribution in [0.25, 0.3) is 0 Å². The molecule has 2 N–H and O–H groups in total. The van der Waals surface area contributed by atoms with Crippen LogP contribution in [-0.2, 0) is 6.42 Å². The van der Waals surface area contributed by atoms with E-state index in [1.807, 2.05) is 18.2 Å². The van der Waals surface area contributed by atoms with Gasteiger partial charge in [-0.2, -0.15) is 0 Å². The Balaban J connectivity index is 1.72. The first-order valence-corrected chi connectivity index (χ1v) is 6.77. The third-order valence-corrected chi connectivity index (χ3v) is 3.49. The minimum atomic E-state index is -0.331. The molecule has 0 aliphatic carbocycles. The van der Waals surface area contributed by atoms with E-state index >= 15 is 0 Å². The molecule has 1 atom stereocenters. The summed E-state index contributed by atoms with van der Waals surface area (Å²) in [6, 6.07) is 12.1. The van der Waals surface area contributed by atoms with Crippen LogP contribution < -0.4 is 5.73 Å². The fourth-order valence-electron chi connectivity index (χ4n) is 2.49. The number of carbonyl (C=O) groups excluding carboxylic acids is 2. The molecule has 106 valence electrons. The van der Waals surface area contributed by atoms with Crippen LogP contribution in [0.2, 0.25) is 0 Å². The van der Waals surface area contributed by atoms with Crippen molar-refractivity contribution in [3.8, 4) is 0 Å². The maximum Gasteiger partial charge on any atom is 0.261 e. The average molecular weight is 281 g/mol. The Morgan fingerprint density at radius 2 is 1.62 bits per heavy atom. The number of hydrogen-bond acceptors (Lipinski definition) is 4. The first-order chi connectivity index (χ1) is 10.2. The Kier molecular flexibility index (Phi) is 3.50. The number of amides is 2. The number of nitrogens with two attached hydrogens (primary N) is 1. The van der Waals surface area contributed by atoms with E-state index in [0.29, 0.717) is 17.5 Å². The number of rotatable bonds is 4. The van der Waals surface area contributed by atoms with Gasteiger partial charge in [-0.1, -0.05) is 18.2 Å². The van der Waals surface area contributed by atoms with E-state index in [1.54, 1.807) is 30.5 Å². The van der Waals surface area contributed by atoms with Crippen LogP contribution in [0.4, 0.5) is 0 Å². The van der Waals surface area contributed by atoms with Crippen molar-refractivity contribution in [2.24, 2.45) is 5.73 Å². The number of pyridine rings is 1. The molecule has 1 aromatic carbocycles. The normalized spacial score (nSPS) is 15.2. The van der Waals surface area contributed by atoms with Crippen molar-refractivity contribution in [2.45, 2.75) is 12.5 Å². The summed E-state index contributed by atoms with van der Waals surface area (Å²) < 4.78 is 0. The fraction of sp³-hybridized carbons (Fsp3) is 0.188. The number of nitrogens with zero attached hydrogens (tertiary/aromatic N) is 2. The Morgan fingerprint density at radius 1 is 1.00 bits per heavy atom. The second kappa shape index (κ2) is 5.46. The SMILES string of the molecule is N[C@@H](Cc1ccccn1)CN1C(=O)c2ccccc2C1=O. The smallest absolute Gasteiger partial charge is 0.261 e. The predicted molar refractivity (Wildman–Crippen MR) is 77.7 cm³/mol. The van der Waals surface area contributed by atoms with Crippen molar-refractivity contribution in [3.63, 3.8) is 0 Å². The number of fused-ring (bicyclic) bond motifs is 1. The van der Waals surface area contributed by atoms with E-state index in [1.165, 1.54) is 4.90 Å². The van der Waals surface area contributed by atoms with Crippen LogP contribution in [0.1, 0.15) is 26.4 Å². The summed E-state index contributed by atoms with van der Waals surface area (Å²) in [5.74, 6) is -0.542. The molecule has 0 saturated heterocycles. The van der Waals surface area contributed by atoms with Crippen LogP contribution in [0.5, 0.6) is 0 Å². The molecule has 0 spiro atoms. The first-order valence-electron chi connectivity index (χ1n) is 6.77. The quantitative estimate of drug-likeness (QED) is 0.856. The maximum atomic E-state index is 12.2. The molecule has 0 radical (unpaired) electrons. The highest BCUT2D eigenvalue weighted by Gasteiger charge is 2.35. The predicted octanol–water partition coefficient (Wildman–Crippen LogP) is 1.25. The lowest BCUT2D eigenvalue weighted by molar-refractivity contribution is 0.0644. The summed E-state index contributed by atoms with van der Waals surface area (Å²) in [5.41, 5.74) is 7.81. The van der Waals surface area contributed by atoms with Crippen LogP contribution in [-0.4, -0.2) is 34.3 Å². The second-order valence-electron chi connectivity index (χ2n) is 5.05. The lowest BCUT2D eigenvalue weighted by Gasteiger charge is -2.19. The number of benzene rings is 1. The van der Waals surface area contributed by atoms with E-state index < -0.39 is 0 Å². The summed E-state index contributed by atoms with van der Waals surface area (Å²) >= 11 is 0. The minimum absolute atomic E-state index is 0.197. The first kappa shape index (κ1) is 13.5. The summed E-state index contributed by atoms with van der Waals surface area (Å²) in [6.07, 6.45) is 2.22. The van der Waals surface area contributed by atoms with Gasteiger partial charge in [0.15, 0.2) is 0 Å². The molecule has 1 aliphatic heterocycles. The largest absolute Gasteiger partial charge is 0.326 e. The fourth-order valence-corrected chi connectivity index (χ4v) is 2.49. The summed E-state index contributed by atoms with van der Waals surface area (Å²) in [4.78, 5) is 29.9. The van der Waals surface area contributed by atoms with E-state index in [-0.39, 0.29) is 24.4 Å². The molecule has 2 aromatic rings. The zero-order valence-corrected chi connectivity index (χ0v) is 11.4. The lowest BCUT2D eigenvalue weighted by atomic mass is 10.1. The van der Waals surface area contributed by atoms with Gasteiger partial charge >= 0.3 is 0 Å². The maximum absolute atomic E-state index is 12.2. The molecule has 5 heteroatoms. The molecule has 3 rings (SSSR count). The highest BCUT2D eigenvalue weighted by Crippen LogP contribution is 2.22. The van der Waals surface area contributed by atoms with Crippen LogP contribution in [0.15, 0.2) is 48.7 Å². The van der Waals surface area contributed by atoms with Crippen LogP contribution in [0, 0.1) is 0 Å². The molecular weight excluding hydrogens is 266 g/mol. The molecule has 0 fully saturated rings. The van der Waals surface area contributed by atoms with Gasteiger partial charge < -0.3 is 5.73 Å². The standard InChI is InChI=1S/C16H15N3O2/c17-11(9-12-5-3-4-8-18-12)10-19-15(20)13-6-1-2-7-14(13)16(19)21/h1-8,11H,9-10,17H2/t11-/m0/s1. The highest BCUT2D eigenvalue weighted by molar-refractivity contribution is 6.21. The summed E-state index contributed by atoms with van der Waals surface area (Å²) in [7, 11) is 0. The van der Waals surface area contributed by atoms with E-state index in [0.717, 1.165) is 5.69 Å². The van der Waals surface area contributed by atoms with Gasteiger partial charge in [-0.05, 0) is 24.3 Å². The third kappa shape index (κ3) is 2.55.